The number of nitrogens with zero attached hydrogens (tertiary/aromatic N) is 3. The number of imidazole rings is 1. The van der Waals surface area contributed by atoms with Gasteiger partial charge in [-0.2, -0.15) is 8.78 Å². The van der Waals surface area contributed by atoms with Gasteiger partial charge in [0, 0.05) is 46.2 Å². The van der Waals surface area contributed by atoms with E-state index < -0.39 is 39.9 Å². The fourth-order valence-electron chi connectivity index (χ4n) is 5.74. The van der Waals surface area contributed by atoms with Crippen molar-refractivity contribution in [1.29, 1.82) is 0 Å². The number of benzene rings is 2. The molecule has 0 radical (unpaired) electrons. The van der Waals surface area contributed by atoms with Gasteiger partial charge in [0.15, 0.2) is 8.32 Å². The highest BCUT2D eigenvalue weighted by molar-refractivity contribution is 6.74. The Bertz CT molecular complexity index is 1670. The molecule has 2 atom stereocenters. The zero-order valence-corrected chi connectivity index (χ0v) is 24.3. The normalized spacial score (nSPS) is 25.2. The van der Waals surface area contributed by atoms with Crippen molar-refractivity contribution in [2.75, 3.05) is 6.98 Å². The van der Waals surface area contributed by atoms with Gasteiger partial charge in [0.1, 0.15) is 11.6 Å². The second-order valence-corrected chi connectivity index (χ2v) is 17.3. The van der Waals surface area contributed by atoms with Crippen LogP contribution in [0.5, 0.6) is 5.75 Å². The fourth-order valence-corrected chi connectivity index (χ4v) is 7.12. The predicted octanol–water partition coefficient (Wildman–Crippen LogP) is 6.91. The summed E-state index contributed by atoms with van der Waals surface area (Å²) < 4.78 is 64.6. The number of aromatic nitrogens is 2. The van der Waals surface area contributed by atoms with Crippen molar-refractivity contribution in [3.8, 4) is 17.6 Å². The Balaban J connectivity index is 1.35. The molecule has 210 valence electrons. The van der Waals surface area contributed by atoms with Crippen molar-refractivity contribution < 1.29 is 26.9 Å². The van der Waals surface area contributed by atoms with Gasteiger partial charge in [0.2, 0.25) is 0 Å². The van der Waals surface area contributed by atoms with Gasteiger partial charge >= 0.3 is 6.61 Å². The van der Waals surface area contributed by atoms with Gasteiger partial charge in [-0.3, -0.25) is 4.79 Å². The Morgan fingerprint density at radius 3 is 2.62 bits per heavy atom. The van der Waals surface area contributed by atoms with E-state index in [-0.39, 0.29) is 40.4 Å². The topological polar surface area (TPSA) is 56.6 Å². The maximum Gasteiger partial charge on any atom is 0.387 e. The van der Waals surface area contributed by atoms with E-state index in [4.69, 9.17) is 18.3 Å². The van der Waals surface area contributed by atoms with Crippen LogP contribution in [0.1, 0.15) is 83.5 Å². The quantitative estimate of drug-likeness (QED) is 0.254. The number of fused-ring (bicyclic) bond motifs is 9. The molecule has 3 aromatic rings. The van der Waals surface area contributed by atoms with Crippen LogP contribution in [0.4, 0.5) is 8.78 Å². The van der Waals surface area contributed by atoms with E-state index in [9.17, 15) is 13.6 Å². The second kappa shape index (κ2) is 9.42. The lowest BCUT2D eigenvalue weighted by Crippen LogP contribution is -2.47. The Morgan fingerprint density at radius 1 is 1.15 bits per heavy atom. The molecule has 2 bridgehead atoms. The van der Waals surface area contributed by atoms with Crippen molar-refractivity contribution in [3.63, 3.8) is 0 Å². The first-order chi connectivity index (χ1) is 20.0. The summed E-state index contributed by atoms with van der Waals surface area (Å²) in [5.41, 5.74) is 2.34. The van der Waals surface area contributed by atoms with Crippen LogP contribution < -0.4 is 4.74 Å². The summed E-state index contributed by atoms with van der Waals surface area (Å²) in [5, 5.41) is 0.155. The summed E-state index contributed by atoms with van der Waals surface area (Å²) >= 11 is 0. The average Bonchev–Trinajstić information content (AvgIpc) is 3.36. The van der Waals surface area contributed by atoms with Crippen LogP contribution in [-0.2, 0) is 4.43 Å². The number of rotatable bonds is 4. The average molecular weight is 567 g/mol. The predicted molar refractivity (Wildman–Crippen MR) is 152 cm³/mol. The zero-order valence-electron chi connectivity index (χ0n) is 26.3. The van der Waals surface area contributed by atoms with E-state index in [2.05, 4.69) is 45.7 Å². The summed E-state index contributed by atoms with van der Waals surface area (Å²) in [4.78, 5) is 19.2. The van der Waals surface area contributed by atoms with E-state index in [1.807, 2.05) is 22.8 Å². The number of hydrogen-bond donors (Lipinski definition) is 0. The minimum atomic E-state index is -3.11. The lowest BCUT2D eigenvalue weighted by molar-refractivity contribution is -0.0507. The zero-order chi connectivity index (χ0) is 31.1. The van der Waals surface area contributed by atoms with Crippen LogP contribution in [0.2, 0.25) is 18.1 Å². The summed E-state index contributed by atoms with van der Waals surface area (Å²) in [6.45, 7) is 5.34. The smallest absolute Gasteiger partial charge is 0.387 e. The highest BCUT2D eigenvalue weighted by Gasteiger charge is 2.45. The van der Waals surface area contributed by atoms with Gasteiger partial charge in [-0.25, -0.2) is 4.98 Å². The number of halogens is 2. The summed E-state index contributed by atoms with van der Waals surface area (Å²) in [6, 6.07) is 8.37. The minimum Gasteiger partial charge on any atom is -0.434 e. The van der Waals surface area contributed by atoms with E-state index in [0.717, 1.165) is 23.3 Å². The molecule has 2 aliphatic heterocycles. The molecular formula is C31H35F2N3O3Si. The van der Waals surface area contributed by atoms with Crippen LogP contribution in [-0.4, -0.2) is 48.4 Å². The van der Waals surface area contributed by atoms with Gasteiger partial charge in [-0.05, 0) is 61.3 Å². The summed E-state index contributed by atoms with van der Waals surface area (Å²) in [7, 11) is -1.83. The first-order valence-corrected chi connectivity index (χ1v) is 16.6. The molecule has 3 aliphatic rings. The van der Waals surface area contributed by atoms with E-state index >= 15 is 0 Å². The Morgan fingerprint density at radius 2 is 1.93 bits per heavy atom. The Kier molecular flexibility index (Phi) is 5.53. The molecule has 0 unspecified atom stereocenters. The van der Waals surface area contributed by atoms with Crippen molar-refractivity contribution in [2.24, 2.45) is 5.92 Å². The number of ether oxygens (including phenoxy) is 1. The summed E-state index contributed by atoms with van der Waals surface area (Å²) in [6.07, 6.45) is 2.21. The third-order valence-corrected chi connectivity index (χ3v) is 13.5. The van der Waals surface area contributed by atoms with Crippen LogP contribution in [0.15, 0.2) is 36.4 Å². The maximum atomic E-state index is 13.6. The van der Waals surface area contributed by atoms with Gasteiger partial charge in [0.05, 0.1) is 23.1 Å². The van der Waals surface area contributed by atoms with E-state index in [1.165, 1.54) is 18.2 Å². The Labute approximate surface area is 239 Å². The first kappa shape index (κ1) is 23.5. The first-order valence-electron chi connectivity index (χ1n) is 15.2. The molecule has 1 saturated carbocycles. The van der Waals surface area contributed by atoms with Crippen molar-refractivity contribution >= 4 is 25.3 Å². The third kappa shape index (κ3) is 4.42. The lowest BCUT2D eigenvalue weighted by Gasteiger charge is -2.43. The molecule has 1 fully saturated rings. The molecule has 1 amide bonds. The molecular weight excluding hydrogens is 528 g/mol. The van der Waals surface area contributed by atoms with Gasteiger partial charge in [-0.1, -0.05) is 38.7 Å². The molecule has 6 nitrogen and oxygen atoms in total. The van der Waals surface area contributed by atoms with Crippen LogP contribution in [0, 0.1) is 17.8 Å². The molecule has 0 saturated heterocycles. The van der Waals surface area contributed by atoms with Gasteiger partial charge in [-0.15, -0.1) is 0 Å². The number of hydrogen-bond acceptors (Lipinski definition) is 4. The van der Waals surface area contributed by atoms with Crippen LogP contribution in [0.25, 0.3) is 11.0 Å². The molecule has 2 aromatic carbocycles. The van der Waals surface area contributed by atoms with Crippen molar-refractivity contribution in [1.82, 2.24) is 14.5 Å². The standard InChI is InChI=1S/C31H35F2N3O3Si/c1-31(2,3)40(5,6)39-20-14-19(15-20)11-10-18-12-13-22-23(16-18)36-24-17-25(28(36)34-22)35(4)29(37)21-8-7-9-26(27(21)24)38-30(32)33/h7-9,12-13,16,19-20,24-25,30H,14-15,17H2,1-6H3/t19?,20?,24-,25-/m1/s1/i4D3. The highest BCUT2D eigenvalue weighted by atomic mass is 28.4. The molecule has 1 aromatic heterocycles. The lowest BCUT2D eigenvalue weighted by atomic mass is 9.83. The number of amides is 1. The molecule has 0 N–H and O–H groups in total. The third-order valence-electron chi connectivity index (χ3n) is 8.93. The largest absolute Gasteiger partial charge is 0.434 e. The van der Waals surface area contributed by atoms with Gasteiger partial charge in [0.25, 0.3) is 5.91 Å². The molecule has 3 heterocycles. The Hall–Kier alpha value is -3.22. The second-order valence-electron chi connectivity index (χ2n) is 12.5. The van der Waals surface area contributed by atoms with E-state index in [0.29, 0.717) is 16.9 Å². The van der Waals surface area contributed by atoms with Crippen molar-refractivity contribution in [2.45, 2.75) is 83.0 Å². The van der Waals surface area contributed by atoms with Crippen molar-refractivity contribution in [3.05, 3.63) is 58.9 Å². The molecule has 9 heteroatoms. The van der Waals surface area contributed by atoms with Crippen LogP contribution in [0.3, 0.4) is 0 Å². The molecule has 6 rings (SSSR count). The number of alkyl halides is 2. The number of carbonyl (C=O) groups excluding carboxylic acids is 1. The minimum absolute atomic E-state index is 0.0321. The maximum absolute atomic E-state index is 13.6. The summed E-state index contributed by atoms with van der Waals surface area (Å²) in [5.74, 6) is 6.39. The number of carbonyl (C=O) groups is 1. The molecule has 40 heavy (non-hydrogen) atoms. The molecule has 1 aliphatic carbocycles. The van der Waals surface area contributed by atoms with Crippen LogP contribution >= 0.6 is 0 Å². The monoisotopic (exact) mass is 566 g/mol. The van der Waals surface area contributed by atoms with E-state index in [1.54, 1.807) is 0 Å². The highest BCUT2D eigenvalue weighted by Crippen LogP contribution is 2.50. The van der Waals surface area contributed by atoms with Gasteiger partial charge < -0.3 is 18.6 Å². The SMILES string of the molecule is [2H]C([2H])([2H])N1C(=O)c2cccc(OC(F)F)c2[C@H]2C[C@@H]1c1nc3ccc(C#CC4CC(O[Si](C)(C)C(C)(C)C)C4)cc3n12. The molecule has 0 spiro atoms. The fraction of sp³-hybridized carbons (Fsp3) is 0.484.